The predicted molar refractivity (Wildman–Crippen MR) is 122 cm³/mol. The van der Waals surface area contributed by atoms with Gasteiger partial charge in [-0.2, -0.15) is 12.7 Å². The Balaban J connectivity index is 1.86. The molecule has 34 heavy (non-hydrogen) atoms. The van der Waals surface area contributed by atoms with Gasteiger partial charge in [-0.3, -0.25) is 8.98 Å². The third-order valence-corrected chi connectivity index (χ3v) is 8.02. The SMILES string of the molecule is Cc1ccc(S(=O)(=O)N2CCC[C@@H]2C(=O)Nc2ccc(F)c(F)c2C[C@@H](C)OS(C)(=O)=O)cc1. The van der Waals surface area contributed by atoms with Crippen molar-refractivity contribution >= 4 is 31.7 Å². The summed E-state index contributed by atoms with van der Waals surface area (Å²) in [5.74, 6) is -3.13. The van der Waals surface area contributed by atoms with Crippen molar-refractivity contribution in [3.05, 3.63) is 59.2 Å². The molecule has 0 aliphatic carbocycles. The molecule has 0 radical (unpaired) electrons. The van der Waals surface area contributed by atoms with Crippen LogP contribution in [0.25, 0.3) is 0 Å². The molecule has 2 aromatic carbocycles. The van der Waals surface area contributed by atoms with Gasteiger partial charge in [-0.1, -0.05) is 17.7 Å². The monoisotopic (exact) mass is 516 g/mol. The number of carbonyl (C=O) groups excluding carboxylic acids is 1. The standard InChI is InChI=1S/C22H26F2N2O6S2/c1-14-6-8-16(9-7-14)34(30,31)26-12-4-5-20(26)22(27)25-19-11-10-18(23)21(24)17(19)13-15(2)32-33(3,28)29/h6-11,15,20H,4-5,12-13H2,1-3H3,(H,25,27)/t15-,20-/m1/s1. The lowest BCUT2D eigenvalue weighted by Gasteiger charge is -2.24. The van der Waals surface area contributed by atoms with Crippen LogP contribution in [0.4, 0.5) is 14.5 Å². The topological polar surface area (TPSA) is 110 Å². The van der Waals surface area contributed by atoms with Gasteiger partial charge in [0.2, 0.25) is 15.9 Å². The number of hydrogen-bond donors (Lipinski definition) is 1. The van der Waals surface area contributed by atoms with E-state index in [1.807, 2.05) is 6.92 Å². The minimum atomic E-state index is -3.95. The second-order valence-electron chi connectivity index (χ2n) is 8.28. The van der Waals surface area contributed by atoms with E-state index in [2.05, 4.69) is 5.32 Å². The van der Waals surface area contributed by atoms with Gasteiger partial charge < -0.3 is 5.32 Å². The summed E-state index contributed by atoms with van der Waals surface area (Å²) in [6.45, 7) is 3.33. The van der Waals surface area contributed by atoms with Gasteiger partial charge in [0.1, 0.15) is 6.04 Å². The Hall–Kier alpha value is -2.41. The fraction of sp³-hybridized carbons (Fsp3) is 0.409. The van der Waals surface area contributed by atoms with Crippen LogP contribution < -0.4 is 5.32 Å². The van der Waals surface area contributed by atoms with Gasteiger partial charge >= 0.3 is 0 Å². The Labute approximate surface area is 198 Å². The minimum absolute atomic E-state index is 0.0538. The van der Waals surface area contributed by atoms with E-state index < -0.39 is 49.8 Å². The average molecular weight is 517 g/mol. The van der Waals surface area contributed by atoms with Crippen LogP contribution in [0.15, 0.2) is 41.3 Å². The van der Waals surface area contributed by atoms with E-state index >= 15 is 0 Å². The number of halogens is 2. The molecule has 8 nitrogen and oxygen atoms in total. The van der Waals surface area contributed by atoms with Crippen LogP contribution in [0.5, 0.6) is 0 Å². The number of nitrogens with one attached hydrogen (secondary N) is 1. The quantitative estimate of drug-likeness (QED) is 0.541. The molecule has 0 aromatic heterocycles. The van der Waals surface area contributed by atoms with Gasteiger partial charge in [0.05, 0.1) is 17.3 Å². The lowest BCUT2D eigenvalue weighted by atomic mass is 10.0. The smallest absolute Gasteiger partial charge is 0.264 e. The van der Waals surface area contributed by atoms with Crippen molar-refractivity contribution in [1.29, 1.82) is 0 Å². The van der Waals surface area contributed by atoms with E-state index in [-0.39, 0.29) is 35.5 Å². The number of aryl methyl sites for hydroxylation is 1. The number of carbonyl (C=O) groups is 1. The zero-order valence-electron chi connectivity index (χ0n) is 18.9. The maximum Gasteiger partial charge on any atom is 0.264 e. The zero-order valence-corrected chi connectivity index (χ0v) is 20.5. The molecule has 1 aliphatic heterocycles. The summed E-state index contributed by atoms with van der Waals surface area (Å²) in [7, 11) is -7.80. The maximum atomic E-state index is 14.6. The number of anilines is 1. The highest BCUT2D eigenvalue weighted by Crippen LogP contribution is 2.29. The largest absolute Gasteiger partial charge is 0.324 e. The third kappa shape index (κ3) is 5.98. The van der Waals surface area contributed by atoms with Gasteiger partial charge in [0.25, 0.3) is 10.1 Å². The minimum Gasteiger partial charge on any atom is -0.324 e. The summed E-state index contributed by atoms with van der Waals surface area (Å²) in [5.41, 5.74) is 0.512. The molecule has 0 bridgehead atoms. The highest BCUT2D eigenvalue weighted by Gasteiger charge is 2.39. The first-order chi connectivity index (χ1) is 15.8. The zero-order chi connectivity index (χ0) is 25.3. The maximum absolute atomic E-state index is 14.6. The molecular weight excluding hydrogens is 490 g/mol. The van der Waals surface area contributed by atoms with Crippen molar-refractivity contribution in [2.45, 2.75) is 50.2 Å². The molecule has 1 heterocycles. The normalized spacial score (nSPS) is 18.1. The second kappa shape index (κ2) is 10.1. The molecule has 12 heteroatoms. The van der Waals surface area contributed by atoms with Gasteiger partial charge in [-0.15, -0.1) is 0 Å². The lowest BCUT2D eigenvalue weighted by Crippen LogP contribution is -2.43. The summed E-state index contributed by atoms with van der Waals surface area (Å²) < 4.78 is 83.3. The first-order valence-corrected chi connectivity index (χ1v) is 13.8. The van der Waals surface area contributed by atoms with Gasteiger partial charge in [-0.25, -0.2) is 17.2 Å². The number of benzene rings is 2. The molecule has 186 valence electrons. The molecule has 2 atom stereocenters. The van der Waals surface area contributed by atoms with E-state index in [0.29, 0.717) is 6.42 Å². The van der Waals surface area contributed by atoms with Crippen LogP contribution in [0.3, 0.4) is 0 Å². The van der Waals surface area contributed by atoms with Crippen LogP contribution in [0, 0.1) is 18.6 Å². The number of rotatable bonds is 8. The van der Waals surface area contributed by atoms with Crippen molar-refractivity contribution in [1.82, 2.24) is 4.31 Å². The van der Waals surface area contributed by atoms with Crippen molar-refractivity contribution < 1.29 is 34.6 Å². The van der Waals surface area contributed by atoms with E-state index in [1.54, 1.807) is 12.1 Å². The fourth-order valence-corrected chi connectivity index (χ4v) is 6.20. The molecule has 1 fully saturated rings. The molecule has 0 unspecified atom stereocenters. The summed E-state index contributed by atoms with van der Waals surface area (Å²) in [4.78, 5) is 13.1. The molecule has 0 spiro atoms. The van der Waals surface area contributed by atoms with Crippen molar-refractivity contribution in [3.63, 3.8) is 0 Å². The summed E-state index contributed by atoms with van der Waals surface area (Å²) in [6, 6.07) is 7.18. The van der Waals surface area contributed by atoms with E-state index in [4.69, 9.17) is 4.18 Å². The number of amides is 1. The summed E-state index contributed by atoms with van der Waals surface area (Å²) in [6.07, 6.45) is 0.155. The van der Waals surface area contributed by atoms with E-state index in [9.17, 15) is 30.4 Å². The molecule has 1 amide bonds. The van der Waals surface area contributed by atoms with E-state index in [1.165, 1.54) is 19.1 Å². The Morgan fingerprint density at radius 1 is 1.15 bits per heavy atom. The van der Waals surface area contributed by atoms with Gasteiger partial charge in [0, 0.05) is 24.2 Å². The molecule has 1 N–H and O–H groups in total. The lowest BCUT2D eigenvalue weighted by molar-refractivity contribution is -0.119. The molecule has 1 saturated heterocycles. The van der Waals surface area contributed by atoms with Crippen molar-refractivity contribution in [3.8, 4) is 0 Å². The molecule has 1 aliphatic rings. The predicted octanol–water partition coefficient (Wildman–Crippen LogP) is 2.97. The molecule has 0 saturated carbocycles. The third-order valence-electron chi connectivity index (χ3n) is 5.42. The van der Waals surface area contributed by atoms with Crippen LogP contribution in [0.2, 0.25) is 0 Å². The average Bonchev–Trinajstić information content (AvgIpc) is 3.23. The number of hydrogen-bond acceptors (Lipinski definition) is 6. The summed E-state index contributed by atoms with van der Waals surface area (Å²) in [5, 5.41) is 2.49. The van der Waals surface area contributed by atoms with E-state index in [0.717, 1.165) is 28.3 Å². The van der Waals surface area contributed by atoms with Gasteiger partial charge in [-0.05, 0) is 51.0 Å². The van der Waals surface area contributed by atoms with Gasteiger partial charge in [0.15, 0.2) is 11.6 Å². The fourth-order valence-electron chi connectivity index (χ4n) is 3.88. The number of nitrogens with zero attached hydrogens (tertiary/aromatic N) is 1. The summed E-state index contributed by atoms with van der Waals surface area (Å²) >= 11 is 0. The molecular formula is C22H26F2N2O6S2. The second-order valence-corrected chi connectivity index (χ2v) is 11.8. The first-order valence-electron chi connectivity index (χ1n) is 10.5. The van der Waals surface area contributed by atoms with Crippen molar-refractivity contribution in [2.75, 3.05) is 18.1 Å². The van der Waals surface area contributed by atoms with Crippen LogP contribution in [-0.4, -0.2) is 52.0 Å². The molecule has 3 rings (SSSR count). The number of sulfonamides is 1. The Morgan fingerprint density at radius 3 is 2.41 bits per heavy atom. The van der Waals surface area contributed by atoms with Crippen LogP contribution in [-0.2, 0) is 35.5 Å². The Morgan fingerprint density at radius 2 is 1.79 bits per heavy atom. The Kier molecular flexibility index (Phi) is 7.75. The Bertz CT molecular complexity index is 1280. The van der Waals surface area contributed by atoms with Crippen LogP contribution >= 0.6 is 0 Å². The first kappa shape index (κ1) is 26.2. The van der Waals surface area contributed by atoms with Crippen LogP contribution in [0.1, 0.15) is 30.9 Å². The molecule has 2 aromatic rings. The highest BCUT2D eigenvalue weighted by molar-refractivity contribution is 7.89. The highest BCUT2D eigenvalue weighted by atomic mass is 32.2. The van der Waals surface area contributed by atoms with Crippen molar-refractivity contribution in [2.24, 2.45) is 0 Å².